The first-order chi connectivity index (χ1) is 9.06. The fourth-order valence-corrected chi connectivity index (χ4v) is 4.72. The predicted molar refractivity (Wildman–Crippen MR) is 70.3 cm³/mol. The maximum absolute atomic E-state index is 12.1. The van der Waals surface area contributed by atoms with Gasteiger partial charge in [-0.15, -0.1) is 4.40 Å². The fraction of sp³-hybridized carbons (Fsp3) is 0.917. The zero-order valence-corrected chi connectivity index (χ0v) is 11.6. The summed E-state index contributed by atoms with van der Waals surface area (Å²) in [6.07, 6.45) is 5.08. The van der Waals surface area contributed by atoms with E-state index in [1.54, 1.807) is 0 Å². The molecule has 1 heterocycles. The third-order valence-electron chi connectivity index (χ3n) is 4.29. The van der Waals surface area contributed by atoms with Crippen LogP contribution in [0.4, 0.5) is 0 Å². The van der Waals surface area contributed by atoms with Gasteiger partial charge in [0, 0.05) is 0 Å². The lowest BCUT2D eigenvalue weighted by atomic mass is 9.97. The Morgan fingerprint density at radius 2 is 1.95 bits per heavy atom. The monoisotopic (exact) mass is 288 g/mol. The second-order valence-corrected chi connectivity index (χ2v) is 7.46. The second kappa shape index (κ2) is 4.94. The first-order valence-corrected chi connectivity index (χ1v) is 8.51. The van der Waals surface area contributed by atoms with Crippen LogP contribution in [0.2, 0.25) is 0 Å². The lowest BCUT2D eigenvalue weighted by molar-refractivity contribution is 0.118. The van der Waals surface area contributed by atoms with E-state index >= 15 is 0 Å². The Morgan fingerprint density at radius 3 is 2.68 bits per heavy atom. The molecule has 0 aromatic carbocycles. The zero-order chi connectivity index (χ0) is 13.5. The van der Waals surface area contributed by atoms with Crippen LogP contribution in [0.1, 0.15) is 44.9 Å². The molecule has 2 aliphatic carbocycles. The van der Waals surface area contributed by atoms with Crippen LogP contribution in [-0.4, -0.2) is 43.0 Å². The molecule has 19 heavy (non-hydrogen) atoms. The number of ether oxygens (including phenoxy) is 1. The van der Waals surface area contributed by atoms with Gasteiger partial charge in [-0.25, -0.2) is 8.42 Å². The quantitative estimate of drug-likeness (QED) is 0.734. The van der Waals surface area contributed by atoms with Crippen molar-refractivity contribution < 1.29 is 18.3 Å². The Hall–Kier alpha value is -0.820. The normalized spacial score (nSPS) is 41.0. The molecule has 6 nitrogen and oxygen atoms in total. The maximum atomic E-state index is 12.1. The molecule has 0 radical (unpaired) electrons. The third-order valence-corrected chi connectivity index (χ3v) is 6.01. The molecular formula is C12H20N2O4S. The summed E-state index contributed by atoms with van der Waals surface area (Å²) in [6, 6.07) is -0.0665. The summed E-state index contributed by atoms with van der Waals surface area (Å²) in [7, 11) is -3.47. The van der Waals surface area contributed by atoms with Crippen molar-refractivity contribution in [1.29, 1.82) is 0 Å². The van der Waals surface area contributed by atoms with Gasteiger partial charge in [0.15, 0.2) is 0 Å². The van der Waals surface area contributed by atoms with Crippen LogP contribution >= 0.6 is 0 Å². The maximum Gasteiger partial charge on any atom is 0.301 e. The van der Waals surface area contributed by atoms with Crippen molar-refractivity contribution in [3.05, 3.63) is 0 Å². The summed E-state index contributed by atoms with van der Waals surface area (Å²) in [6.45, 7) is 0. The van der Waals surface area contributed by atoms with E-state index in [9.17, 15) is 13.5 Å². The van der Waals surface area contributed by atoms with Gasteiger partial charge in [0.2, 0.25) is 0 Å². The summed E-state index contributed by atoms with van der Waals surface area (Å²) in [5.41, 5.74) is 0. The van der Waals surface area contributed by atoms with Crippen molar-refractivity contribution in [2.24, 2.45) is 4.40 Å². The van der Waals surface area contributed by atoms with Crippen LogP contribution in [0.5, 0.6) is 0 Å². The van der Waals surface area contributed by atoms with Crippen LogP contribution in [0.3, 0.4) is 0 Å². The minimum atomic E-state index is -3.47. The first kappa shape index (κ1) is 13.2. The minimum absolute atomic E-state index is 0.0779. The van der Waals surface area contributed by atoms with Crippen molar-refractivity contribution in [2.75, 3.05) is 0 Å². The van der Waals surface area contributed by atoms with E-state index in [0.29, 0.717) is 6.42 Å². The molecule has 2 N–H and O–H groups in total. The second-order valence-electron chi connectivity index (χ2n) is 5.64. The van der Waals surface area contributed by atoms with Crippen LogP contribution in [0, 0.1) is 0 Å². The third kappa shape index (κ3) is 2.58. The molecule has 0 aromatic rings. The summed E-state index contributed by atoms with van der Waals surface area (Å²) in [5.74, 6) is 0. The molecule has 3 rings (SSSR count). The molecule has 2 fully saturated rings. The Labute approximate surface area is 113 Å². The van der Waals surface area contributed by atoms with Gasteiger partial charge < -0.3 is 15.2 Å². The first-order valence-electron chi connectivity index (χ1n) is 7.01. The molecular weight excluding hydrogens is 268 g/mol. The topological polar surface area (TPSA) is 88.0 Å². The van der Waals surface area contributed by atoms with Gasteiger partial charge in [0.25, 0.3) is 10.0 Å². The Bertz CT molecular complexity index is 476. The molecule has 1 aliphatic heterocycles. The summed E-state index contributed by atoms with van der Waals surface area (Å²) in [4.78, 5) is 0. The number of aliphatic hydroxyl groups excluding tert-OH is 1. The largest absolute Gasteiger partial charge is 0.460 e. The molecule has 0 amide bonds. The van der Waals surface area contributed by atoms with Crippen LogP contribution in [0.25, 0.3) is 0 Å². The van der Waals surface area contributed by atoms with Crippen molar-refractivity contribution in [2.45, 2.75) is 68.4 Å². The average molecular weight is 288 g/mol. The van der Waals surface area contributed by atoms with Crippen molar-refractivity contribution in [1.82, 2.24) is 5.32 Å². The number of hydrogen-bond acceptors (Lipinski definition) is 5. The molecule has 0 spiro atoms. The number of sulfonamides is 1. The van der Waals surface area contributed by atoms with Gasteiger partial charge in [0.1, 0.15) is 11.4 Å². The van der Waals surface area contributed by atoms with Gasteiger partial charge in [-0.1, -0.05) is 6.42 Å². The molecule has 4 atom stereocenters. The van der Waals surface area contributed by atoms with Crippen LogP contribution < -0.4 is 5.32 Å². The highest BCUT2D eigenvalue weighted by atomic mass is 32.2. The van der Waals surface area contributed by atoms with E-state index in [0.717, 1.165) is 38.5 Å². The van der Waals surface area contributed by atoms with Crippen LogP contribution in [0.15, 0.2) is 4.40 Å². The fourth-order valence-electron chi connectivity index (χ4n) is 3.21. The molecule has 0 bridgehead atoms. The number of amidine groups is 1. The minimum Gasteiger partial charge on any atom is -0.460 e. The number of rotatable bonds is 1. The lowest BCUT2D eigenvalue weighted by Gasteiger charge is -2.34. The molecule has 3 aliphatic rings. The SMILES string of the molecule is O=S1(=O)N=C(N[C@H]2CCC[C@H]2O)OC2CCCCC21. The number of hydrogen-bond donors (Lipinski definition) is 2. The van der Waals surface area contributed by atoms with E-state index in [4.69, 9.17) is 4.74 Å². The van der Waals surface area contributed by atoms with E-state index < -0.39 is 21.4 Å². The van der Waals surface area contributed by atoms with Crippen molar-refractivity contribution >= 4 is 16.0 Å². The number of fused-ring (bicyclic) bond motifs is 1. The van der Waals surface area contributed by atoms with Gasteiger partial charge in [0.05, 0.1) is 12.1 Å². The number of nitrogens with zero attached hydrogens (tertiary/aromatic N) is 1. The molecule has 2 unspecified atom stereocenters. The van der Waals surface area contributed by atoms with E-state index in [1.807, 2.05) is 0 Å². The molecule has 7 heteroatoms. The number of nitrogens with one attached hydrogen (secondary N) is 1. The smallest absolute Gasteiger partial charge is 0.301 e. The molecule has 2 saturated carbocycles. The Kier molecular flexibility index (Phi) is 3.42. The summed E-state index contributed by atoms with van der Waals surface area (Å²) >= 11 is 0. The molecule has 0 aromatic heterocycles. The highest BCUT2D eigenvalue weighted by Crippen LogP contribution is 2.31. The zero-order valence-electron chi connectivity index (χ0n) is 10.8. The summed E-state index contributed by atoms with van der Waals surface area (Å²) < 4.78 is 33.6. The van der Waals surface area contributed by atoms with Crippen LogP contribution in [-0.2, 0) is 14.8 Å². The van der Waals surface area contributed by atoms with Gasteiger partial charge >= 0.3 is 6.02 Å². The Balaban J connectivity index is 1.77. The average Bonchev–Trinajstić information content (AvgIpc) is 2.74. The van der Waals surface area contributed by atoms with Gasteiger partial charge in [-0.2, -0.15) is 0 Å². The predicted octanol–water partition coefficient (Wildman–Crippen LogP) is 0.517. The van der Waals surface area contributed by atoms with Gasteiger partial charge in [-0.3, -0.25) is 0 Å². The van der Waals surface area contributed by atoms with Gasteiger partial charge in [-0.05, 0) is 38.5 Å². The number of aliphatic hydroxyl groups is 1. The highest BCUT2D eigenvalue weighted by molar-refractivity contribution is 7.91. The van der Waals surface area contributed by atoms with E-state index in [-0.39, 0.29) is 18.2 Å². The van der Waals surface area contributed by atoms with Crippen molar-refractivity contribution in [3.63, 3.8) is 0 Å². The van der Waals surface area contributed by atoms with Crippen molar-refractivity contribution in [3.8, 4) is 0 Å². The lowest BCUT2D eigenvalue weighted by Crippen LogP contribution is -2.50. The standard InChI is InChI=1S/C12H20N2O4S/c15-9-5-3-4-8(9)13-12-14-19(16,17)11-7-2-1-6-10(11)18-12/h8-11,15H,1-7H2,(H,13,14)/t8-,9+,10?,11?/m0/s1. The van der Waals surface area contributed by atoms with E-state index in [1.165, 1.54) is 0 Å². The highest BCUT2D eigenvalue weighted by Gasteiger charge is 2.42. The molecule has 108 valence electrons. The van der Waals surface area contributed by atoms with E-state index in [2.05, 4.69) is 9.71 Å². The molecule has 0 saturated heterocycles. The Morgan fingerprint density at radius 1 is 1.16 bits per heavy atom. The summed E-state index contributed by atoms with van der Waals surface area (Å²) in [5, 5.41) is 12.2.